The number of methoxy groups -OCH3 is 1. The Morgan fingerprint density at radius 1 is 1.31 bits per heavy atom. The van der Waals surface area contributed by atoms with E-state index in [0.29, 0.717) is 35.8 Å². The third-order valence-corrected chi connectivity index (χ3v) is 4.83. The van der Waals surface area contributed by atoms with Crippen LogP contribution in [0.15, 0.2) is 38.7 Å². The second-order valence-electron chi connectivity index (χ2n) is 5.66. The number of thioether (sulfide) groups is 1. The van der Waals surface area contributed by atoms with Crippen molar-refractivity contribution in [2.75, 3.05) is 13.7 Å². The Hall–Kier alpha value is -2.39. The van der Waals surface area contributed by atoms with E-state index >= 15 is 0 Å². The van der Waals surface area contributed by atoms with E-state index in [1.165, 1.54) is 17.3 Å². The van der Waals surface area contributed by atoms with Crippen molar-refractivity contribution in [1.82, 2.24) is 24.9 Å². The van der Waals surface area contributed by atoms with Crippen LogP contribution in [-0.4, -0.2) is 38.6 Å². The molecule has 0 aliphatic carbocycles. The largest absolute Gasteiger partial charge is 0.385 e. The van der Waals surface area contributed by atoms with Crippen molar-refractivity contribution in [3.8, 4) is 11.4 Å². The van der Waals surface area contributed by atoms with E-state index in [1.807, 2.05) is 12.1 Å². The zero-order valence-corrected chi connectivity index (χ0v) is 15.6. The summed E-state index contributed by atoms with van der Waals surface area (Å²) in [4.78, 5) is 16.2. The fourth-order valence-electron chi connectivity index (χ4n) is 2.42. The van der Waals surface area contributed by atoms with Crippen LogP contribution < -0.4 is 5.69 Å². The number of aryl methyl sites for hydroxylation is 1. The molecule has 2 heterocycles. The molecule has 0 radical (unpaired) electrons. The van der Waals surface area contributed by atoms with Gasteiger partial charge in [0.1, 0.15) is 0 Å². The summed E-state index contributed by atoms with van der Waals surface area (Å²) < 4.78 is 11.9. The van der Waals surface area contributed by atoms with E-state index < -0.39 is 0 Å². The highest BCUT2D eigenvalue weighted by Gasteiger charge is 2.13. The second kappa shape index (κ2) is 8.81. The Morgan fingerprint density at radius 3 is 2.85 bits per heavy atom. The van der Waals surface area contributed by atoms with Crippen molar-refractivity contribution in [3.63, 3.8) is 0 Å². The van der Waals surface area contributed by atoms with E-state index in [0.717, 1.165) is 18.4 Å². The minimum Gasteiger partial charge on any atom is -0.385 e. The third kappa shape index (κ3) is 4.41. The number of H-pyrrole nitrogens is 1. The highest BCUT2D eigenvalue weighted by Crippen LogP contribution is 2.22. The van der Waals surface area contributed by atoms with E-state index in [2.05, 4.69) is 39.4 Å². The topological polar surface area (TPSA) is 98.8 Å². The minimum absolute atomic E-state index is 0.231. The van der Waals surface area contributed by atoms with Crippen LogP contribution in [0, 0.1) is 0 Å². The van der Waals surface area contributed by atoms with Crippen LogP contribution in [0.2, 0.25) is 0 Å². The van der Waals surface area contributed by atoms with Gasteiger partial charge >= 0.3 is 5.69 Å². The molecule has 0 spiro atoms. The maximum absolute atomic E-state index is 11.8. The molecule has 0 unspecified atom stereocenters. The molecule has 138 valence electrons. The van der Waals surface area contributed by atoms with Gasteiger partial charge in [-0.25, -0.2) is 9.89 Å². The van der Waals surface area contributed by atoms with Gasteiger partial charge in [0.2, 0.25) is 11.7 Å². The summed E-state index contributed by atoms with van der Waals surface area (Å²) in [7, 11) is 1.64. The van der Waals surface area contributed by atoms with Crippen LogP contribution in [0.25, 0.3) is 11.4 Å². The number of nitrogens with zero attached hydrogens (tertiary/aromatic N) is 4. The molecule has 0 saturated carbocycles. The zero-order valence-electron chi connectivity index (χ0n) is 14.8. The number of aromatic nitrogens is 5. The minimum atomic E-state index is -0.231. The highest BCUT2D eigenvalue weighted by atomic mass is 32.2. The number of rotatable bonds is 9. The molecule has 0 aliphatic rings. The van der Waals surface area contributed by atoms with Gasteiger partial charge < -0.3 is 9.26 Å². The van der Waals surface area contributed by atoms with Crippen molar-refractivity contribution in [2.24, 2.45) is 0 Å². The van der Waals surface area contributed by atoms with Crippen molar-refractivity contribution in [3.05, 3.63) is 46.2 Å². The molecule has 8 nitrogen and oxygen atoms in total. The van der Waals surface area contributed by atoms with Crippen molar-refractivity contribution >= 4 is 11.8 Å². The Balaban J connectivity index is 1.64. The van der Waals surface area contributed by atoms with Gasteiger partial charge in [-0.05, 0) is 18.4 Å². The molecule has 0 fully saturated rings. The first-order chi connectivity index (χ1) is 12.7. The number of ether oxygens (including phenoxy) is 1. The second-order valence-corrected chi connectivity index (χ2v) is 6.60. The summed E-state index contributed by atoms with van der Waals surface area (Å²) in [5.41, 5.74) is 1.95. The summed E-state index contributed by atoms with van der Waals surface area (Å²) >= 11 is 1.38. The van der Waals surface area contributed by atoms with Crippen LogP contribution in [0.3, 0.4) is 0 Å². The third-order valence-electron chi connectivity index (χ3n) is 3.87. The molecule has 3 aromatic rings. The van der Waals surface area contributed by atoms with E-state index in [-0.39, 0.29) is 5.69 Å². The van der Waals surface area contributed by atoms with Gasteiger partial charge in [-0.2, -0.15) is 4.98 Å². The van der Waals surface area contributed by atoms with Crippen LogP contribution in [-0.2, 0) is 23.5 Å². The van der Waals surface area contributed by atoms with Gasteiger partial charge in [0.25, 0.3) is 0 Å². The molecule has 1 N–H and O–H groups in total. The Kier molecular flexibility index (Phi) is 6.24. The first-order valence-corrected chi connectivity index (χ1v) is 9.38. The van der Waals surface area contributed by atoms with E-state index in [4.69, 9.17) is 9.26 Å². The zero-order chi connectivity index (χ0) is 18.4. The maximum Gasteiger partial charge on any atom is 0.343 e. The van der Waals surface area contributed by atoms with Crippen LogP contribution in [0.1, 0.15) is 24.8 Å². The van der Waals surface area contributed by atoms with Gasteiger partial charge in [-0.3, -0.25) is 4.57 Å². The lowest BCUT2D eigenvalue weighted by atomic mass is 10.1. The molecule has 0 saturated heterocycles. The van der Waals surface area contributed by atoms with Crippen LogP contribution >= 0.6 is 11.8 Å². The summed E-state index contributed by atoms with van der Waals surface area (Å²) in [5, 5.41) is 11.1. The maximum atomic E-state index is 11.8. The number of hydrogen-bond donors (Lipinski definition) is 1. The van der Waals surface area contributed by atoms with Gasteiger partial charge in [-0.15, -0.1) is 5.10 Å². The molecule has 26 heavy (non-hydrogen) atoms. The van der Waals surface area contributed by atoms with Crippen LogP contribution in [0.4, 0.5) is 0 Å². The smallest absolute Gasteiger partial charge is 0.343 e. The normalized spacial score (nSPS) is 11.2. The lowest BCUT2D eigenvalue weighted by Crippen LogP contribution is -2.18. The molecule has 1 aromatic carbocycles. The standard InChI is InChI=1S/C17H21N5O3S/c1-3-12-5-7-13(8-6-12)15-18-14(25-21-15)11-26-17-20-19-16(23)22(17)9-4-10-24-2/h5-8H,3-4,9-11H2,1-2H3,(H,19,23). The molecule has 0 aliphatic heterocycles. The fraction of sp³-hybridized carbons (Fsp3) is 0.412. The SMILES string of the molecule is CCc1ccc(-c2noc(CSc3n[nH]c(=O)n3CCCOC)n2)cc1. The number of aromatic amines is 1. The predicted octanol–water partition coefficient (Wildman–Crippen LogP) is 2.51. The van der Waals surface area contributed by atoms with Gasteiger partial charge in [0.05, 0.1) is 5.75 Å². The molecule has 0 atom stereocenters. The predicted molar refractivity (Wildman–Crippen MR) is 98.0 cm³/mol. The molecular formula is C17H21N5O3S. The Morgan fingerprint density at radius 2 is 2.12 bits per heavy atom. The first kappa shape index (κ1) is 18.4. The average molecular weight is 375 g/mol. The Labute approximate surface area is 155 Å². The Bertz CT molecular complexity index is 884. The lowest BCUT2D eigenvalue weighted by Gasteiger charge is -2.03. The van der Waals surface area contributed by atoms with Crippen molar-refractivity contribution in [2.45, 2.75) is 37.2 Å². The first-order valence-electron chi connectivity index (χ1n) is 8.40. The lowest BCUT2D eigenvalue weighted by molar-refractivity contribution is 0.189. The molecule has 0 bridgehead atoms. The summed E-state index contributed by atoms with van der Waals surface area (Å²) in [6, 6.07) is 8.09. The van der Waals surface area contributed by atoms with Gasteiger partial charge in [-0.1, -0.05) is 48.1 Å². The van der Waals surface area contributed by atoms with Crippen molar-refractivity contribution in [1.29, 1.82) is 0 Å². The monoisotopic (exact) mass is 375 g/mol. The van der Waals surface area contributed by atoms with Crippen LogP contribution in [0.5, 0.6) is 0 Å². The molecule has 9 heteroatoms. The summed E-state index contributed by atoms with van der Waals surface area (Å²) in [6.45, 7) is 3.25. The summed E-state index contributed by atoms with van der Waals surface area (Å²) in [5.74, 6) is 1.49. The number of hydrogen-bond acceptors (Lipinski definition) is 7. The summed E-state index contributed by atoms with van der Waals surface area (Å²) in [6.07, 6.45) is 1.73. The molecule has 3 rings (SSSR count). The molecule has 0 amide bonds. The van der Waals surface area contributed by atoms with Gasteiger partial charge in [0.15, 0.2) is 5.16 Å². The fourth-order valence-corrected chi connectivity index (χ4v) is 3.23. The highest BCUT2D eigenvalue weighted by molar-refractivity contribution is 7.98. The number of benzene rings is 1. The van der Waals surface area contributed by atoms with E-state index in [9.17, 15) is 4.79 Å². The molecule has 2 aromatic heterocycles. The average Bonchev–Trinajstić information content (AvgIpc) is 3.28. The van der Waals surface area contributed by atoms with Gasteiger partial charge in [0, 0.05) is 25.8 Å². The quantitative estimate of drug-likeness (QED) is 0.453. The molecular weight excluding hydrogens is 354 g/mol. The number of nitrogens with one attached hydrogen (secondary N) is 1. The van der Waals surface area contributed by atoms with E-state index in [1.54, 1.807) is 11.7 Å². The van der Waals surface area contributed by atoms with Crippen molar-refractivity contribution < 1.29 is 9.26 Å².